The zero-order valence-electron chi connectivity index (χ0n) is 13.7. The van der Waals surface area contributed by atoms with Crippen molar-refractivity contribution in [1.82, 2.24) is 9.97 Å². The van der Waals surface area contributed by atoms with E-state index in [2.05, 4.69) is 55.1 Å². The standard InChI is InChI=1S/C19H20BrN3O/c1-24-18(13-3-5-15(20)6-4-13)14-11-16-7-8-17(12-14)23(16)19-21-9-2-10-22-19/h2-6,9-10,16-17H,7-8,11-12H2,1H3. The first-order valence-corrected chi connectivity index (χ1v) is 9.13. The van der Waals surface area contributed by atoms with E-state index in [9.17, 15) is 0 Å². The summed E-state index contributed by atoms with van der Waals surface area (Å²) in [6, 6.07) is 11.2. The van der Waals surface area contributed by atoms with Crippen LogP contribution in [0.3, 0.4) is 0 Å². The van der Waals surface area contributed by atoms with Crippen LogP contribution in [-0.4, -0.2) is 29.2 Å². The fourth-order valence-corrected chi connectivity index (χ4v) is 4.28. The predicted octanol–water partition coefficient (Wildman–Crippen LogP) is 4.43. The summed E-state index contributed by atoms with van der Waals surface area (Å²) >= 11 is 3.50. The lowest BCUT2D eigenvalue weighted by Gasteiger charge is -2.36. The molecule has 2 unspecified atom stereocenters. The molecule has 0 N–H and O–H groups in total. The van der Waals surface area contributed by atoms with Crippen LogP contribution in [0.4, 0.5) is 5.95 Å². The van der Waals surface area contributed by atoms with Crippen molar-refractivity contribution in [2.45, 2.75) is 37.8 Å². The molecule has 2 aliphatic heterocycles. The Morgan fingerprint density at radius 1 is 1.08 bits per heavy atom. The van der Waals surface area contributed by atoms with Gasteiger partial charge in [0.15, 0.2) is 0 Å². The molecule has 2 aromatic rings. The van der Waals surface area contributed by atoms with E-state index in [0.29, 0.717) is 12.1 Å². The molecule has 2 atom stereocenters. The third-order valence-electron chi connectivity index (χ3n) is 5.00. The van der Waals surface area contributed by atoms with Crippen LogP contribution in [0.15, 0.2) is 52.8 Å². The minimum absolute atomic E-state index is 0.474. The summed E-state index contributed by atoms with van der Waals surface area (Å²) in [6.07, 6.45) is 8.10. The third-order valence-corrected chi connectivity index (χ3v) is 5.53. The number of aromatic nitrogens is 2. The first-order chi connectivity index (χ1) is 11.8. The molecular formula is C19H20BrN3O. The highest BCUT2D eigenvalue weighted by molar-refractivity contribution is 9.10. The highest BCUT2D eigenvalue weighted by Crippen LogP contribution is 2.42. The molecule has 0 radical (unpaired) electrons. The lowest BCUT2D eigenvalue weighted by atomic mass is 9.93. The van der Waals surface area contributed by atoms with Crippen molar-refractivity contribution in [3.05, 3.63) is 58.3 Å². The molecule has 2 fully saturated rings. The smallest absolute Gasteiger partial charge is 0.225 e. The van der Waals surface area contributed by atoms with Gasteiger partial charge in [-0.05, 0) is 49.5 Å². The second-order valence-electron chi connectivity index (χ2n) is 6.39. The van der Waals surface area contributed by atoms with Gasteiger partial charge in [-0.15, -0.1) is 0 Å². The Bertz CT molecular complexity index is 729. The number of rotatable bonds is 3. The molecule has 2 bridgehead atoms. The SMILES string of the molecule is COC(=C1CC2CCC(C1)N2c1ncccn1)c1ccc(Br)cc1. The van der Waals surface area contributed by atoms with Gasteiger partial charge in [0, 0.05) is 34.5 Å². The van der Waals surface area contributed by atoms with Gasteiger partial charge in [-0.1, -0.05) is 28.1 Å². The van der Waals surface area contributed by atoms with E-state index < -0.39 is 0 Å². The Labute approximate surface area is 150 Å². The molecule has 1 aromatic heterocycles. The Hall–Kier alpha value is -1.88. The molecule has 124 valence electrons. The van der Waals surface area contributed by atoms with E-state index in [1.807, 2.05) is 18.5 Å². The van der Waals surface area contributed by atoms with Crippen LogP contribution in [0.1, 0.15) is 31.2 Å². The van der Waals surface area contributed by atoms with E-state index in [0.717, 1.165) is 34.6 Å². The molecule has 0 aliphatic carbocycles. The molecule has 0 amide bonds. The number of fused-ring (bicyclic) bond motifs is 2. The molecular weight excluding hydrogens is 366 g/mol. The summed E-state index contributed by atoms with van der Waals surface area (Å²) in [6.45, 7) is 0. The van der Waals surface area contributed by atoms with Gasteiger partial charge in [0.25, 0.3) is 0 Å². The molecule has 5 heteroatoms. The molecule has 2 saturated heterocycles. The predicted molar refractivity (Wildman–Crippen MR) is 98.6 cm³/mol. The fourth-order valence-electron chi connectivity index (χ4n) is 4.02. The van der Waals surface area contributed by atoms with Crippen LogP contribution in [0.5, 0.6) is 0 Å². The number of benzene rings is 1. The van der Waals surface area contributed by atoms with Gasteiger partial charge in [-0.3, -0.25) is 0 Å². The van der Waals surface area contributed by atoms with Gasteiger partial charge in [-0.25, -0.2) is 9.97 Å². The molecule has 0 saturated carbocycles. The minimum Gasteiger partial charge on any atom is -0.496 e. The zero-order chi connectivity index (χ0) is 16.5. The Balaban J connectivity index is 1.65. The van der Waals surface area contributed by atoms with Gasteiger partial charge < -0.3 is 9.64 Å². The highest BCUT2D eigenvalue weighted by atomic mass is 79.9. The highest BCUT2D eigenvalue weighted by Gasteiger charge is 2.41. The van der Waals surface area contributed by atoms with Gasteiger partial charge >= 0.3 is 0 Å². The molecule has 3 heterocycles. The first kappa shape index (κ1) is 15.6. The molecule has 0 spiro atoms. The average Bonchev–Trinajstić information content (AvgIpc) is 2.88. The van der Waals surface area contributed by atoms with E-state index in [1.165, 1.54) is 18.4 Å². The monoisotopic (exact) mass is 385 g/mol. The number of methoxy groups -OCH3 is 1. The maximum Gasteiger partial charge on any atom is 0.225 e. The second kappa shape index (κ2) is 6.55. The first-order valence-electron chi connectivity index (χ1n) is 8.33. The molecule has 2 aliphatic rings. The van der Waals surface area contributed by atoms with Crippen LogP contribution >= 0.6 is 15.9 Å². The van der Waals surface area contributed by atoms with Crippen molar-refractivity contribution in [3.8, 4) is 0 Å². The quantitative estimate of drug-likeness (QED) is 0.732. The van der Waals surface area contributed by atoms with Gasteiger partial charge in [0.05, 0.1) is 7.11 Å². The third kappa shape index (κ3) is 2.81. The second-order valence-corrected chi connectivity index (χ2v) is 7.31. The molecule has 24 heavy (non-hydrogen) atoms. The van der Waals surface area contributed by atoms with Crippen molar-refractivity contribution in [1.29, 1.82) is 0 Å². The number of nitrogens with zero attached hydrogens (tertiary/aromatic N) is 3. The van der Waals surface area contributed by atoms with Crippen molar-refractivity contribution in [2.24, 2.45) is 0 Å². The van der Waals surface area contributed by atoms with Crippen LogP contribution in [0.25, 0.3) is 5.76 Å². The number of hydrogen-bond acceptors (Lipinski definition) is 4. The fraction of sp³-hybridized carbons (Fsp3) is 0.368. The summed E-state index contributed by atoms with van der Waals surface area (Å²) in [5.74, 6) is 1.90. The summed E-state index contributed by atoms with van der Waals surface area (Å²) in [5.41, 5.74) is 2.57. The Morgan fingerprint density at radius 3 is 2.29 bits per heavy atom. The maximum absolute atomic E-state index is 5.80. The molecule has 4 rings (SSSR count). The summed E-state index contributed by atoms with van der Waals surface area (Å²) in [4.78, 5) is 11.3. The summed E-state index contributed by atoms with van der Waals surface area (Å²) in [5, 5.41) is 0. The van der Waals surface area contributed by atoms with Gasteiger partial charge in [0.1, 0.15) is 5.76 Å². The number of halogens is 1. The van der Waals surface area contributed by atoms with Crippen LogP contribution < -0.4 is 4.90 Å². The van der Waals surface area contributed by atoms with Crippen molar-refractivity contribution in [3.63, 3.8) is 0 Å². The molecule has 4 nitrogen and oxygen atoms in total. The lowest BCUT2D eigenvalue weighted by molar-refractivity contribution is 0.360. The molecule has 1 aromatic carbocycles. The van der Waals surface area contributed by atoms with Crippen LogP contribution in [-0.2, 0) is 4.74 Å². The lowest BCUT2D eigenvalue weighted by Crippen LogP contribution is -2.41. The van der Waals surface area contributed by atoms with E-state index in [4.69, 9.17) is 4.74 Å². The van der Waals surface area contributed by atoms with Crippen LogP contribution in [0, 0.1) is 0 Å². The summed E-state index contributed by atoms with van der Waals surface area (Å²) in [7, 11) is 1.78. The van der Waals surface area contributed by atoms with E-state index in [1.54, 1.807) is 7.11 Å². The number of ether oxygens (including phenoxy) is 1. The van der Waals surface area contributed by atoms with E-state index in [-0.39, 0.29) is 0 Å². The van der Waals surface area contributed by atoms with Crippen molar-refractivity contribution in [2.75, 3.05) is 12.0 Å². The van der Waals surface area contributed by atoms with Crippen molar-refractivity contribution >= 4 is 27.6 Å². The topological polar surface area (TPSA) is 38.2 Å². The Morgan fingerprint density at radius 2 is 1.71 bits per heavy atom. The number of hydrogen-bond donors (Lipinski definition) is 0. The van der Waals surface area contributed by atoms with Gasteiger partial charge in [0.2, 0.25) is 5.95 Å². The summed E-state index contributed by atoms with van der Waals surface area (Å²) < 4.78 is 6.88. The number of piperidine rings is 1. The Kier molecular flexibility index (Phi) is 4.27. The zero-order valence-corrected chi connectivity index (χ0v) is 15.2. The van der Waals surface area contributed by atoms with Crippen LogP contribution in [0.2, 0.25) is 0 Å². The maximum atomic E-state index is 5.80. The van der Waals surface area contributed by atoms with Crippen molar-refractivity contribution < 1.29 is 4.74 Å². The van der Waals surface area contributed by atoms with E-state index >= 15 is 0 Å². The average molecular weight is 386 g/mol. The largest absolute Gasteiger partial charge is 0.496 e. The van der Waals surface area contributed by atoms with Gasteiger partial charge in [-0.2, -0.15) is 0 Å². The minimum atomic E-state index is 0.474. The normalized spacial score (nSPS) is 22.6. The number of anilines is 1.